The van der Waals surface area contributed by atoms with E-state index >= 15 is 0 Å². The molecule has 7 heteroatoms. The maximum Gasteiger partial charge on any atom is 0.273 e. The Kier molecular flexibility index (Phi) is 5.46. The number of hydrazone groups is 1. The zero-order chi connectivity index (χ0) is 20.5. The third-order valence-electron chi connectivity index (χ3n) is 4.44. The zero-order valence-electron chi connectivity index (χ0n) is 15.9. The minimum atomic E-state index is -3.66. The number of hydrogen-bond acceptors (Lipinski definition) is 4. The van der Waals surface area contributed by atoms with Gasteiger partial charge in [0.05, 0.1) is 21.9 Å². The van der Waals surface area contributed by atoms with Gasteiger partial charge in [-0.15, -0.1) is 0 Å². The molecule has 5 nitrogen and oxygen atoms in total. The van der Waals surface area contributed by atoms with Crippen LogP contribution >= 0.6 is 11.6 Å². The van der Waals surface area contributed by atoms with Gasteiger partial charge in [0.2, 0.25) is 0 Å². The lowest BCUT2D eigenvalue weighted by atomic mass is 9.86. The standard InChI is InChI=1S/C21H21ClN2O3S/c1-21(2,3)15-6-4-14(5-7-15)12-18-19(23-24-20(18)25)13-28(26,27)17-10-8-16(22)9-11-17/h4-12H,13H2,1-3H3,(H,24,25)/b18-12+. The molecule has 0 radical (unpaired) electrons. The number of carbonyl (C=O) groups is 1. The number of carbonyl (C=O) groups excluding carboxylic acids is 1. The van der Waals surface area contributed by atoms with Gasteiger partial charge in [-0.05, 0) is 46.9 Å². The normalized spacial score (nSPS) is 16.2. The molecule has 2 aromatic rings. The zero-order valence-corrected chi connectivity index (χ0v) is 17.4. The van der Waals surface area contributed by atoms with Crippen molar-refractivity contribution < 1.29 is 13.2 Å². The lowest BCUT2D eigenvalue weighted by Gasteiger charge is -2.18. The second-order valence-electron chi connectivity index (χ2n) is 7.64. The van der Waals surface area contributed by atoms with Gasteiger partial charge >= 0.3 is 0 Å². The maximum atomic E-state index is 12.7. The third-order valence-corrected chi connectivity index (χ3v) is 6.33. The number of hydrogen-bond donors (Lipinski definition) is 1. The van der Waals surface area contributed by atoms with E-state index in [1.54, 1.807) is 6.08 Å². The van der Waals surface area contributed by atoms with Crippen LogP contribution in [0.5, 0.6) is 0 Å². The molecular weight excluding hydrogens is 396 g/mol. The molecule has 0 atom stereocenters. The number of amides is 1. The fraction of sp³-hybridized carbons (Fsp3) is 0.238. The maximum absolute atomic E-state index is 12.7. The van der Waals surface area contributed by atoms with Crippen LogP contribution in [-0.2, 0) is 20.0 Å². The van der Waals surface area contributed by atoms with Crippen molar-refractivity contribution in [1.82, 2.24) is 5.43 Å². The molecule has 1 aliphatic rings. The monoisotopic (exact) mass is 416 g/mol. The first-order valence-electron chi connectivity index (χ1n) is 8.74. The highest BCUT2D eigenvalue weighted by Crippen LogP contribution is 2.24. The summed E-state index contributed by atoms with van der Waals surface area (Å²) in [5.74, 6) is -0.791. The predicted octanol–water partition coefficient (Wildman–Crippen LogP) is 3.98. The van der Waals surface area contributed by atoms with Crippen molar-refractivity contribution in [3.05, 3.63) is 70.3 Å². The fourth-order valence-electron chi connectivity index (χ4n) is 2.78. The smallest absolute Gasteiger partial charge is 0.267 e. The summed E-state index contributed by atoms with van der Waals surface area (Å²) < 4.78 is 25.3. The van der Waals surface area contributed by atoms with Crippen molar-refractivity contribution >= 4 is 39.1 Å². The minimum Gasteiger partial charge on any atom is -0.267 e. The topological polar surface area (TPSA) is 75.6 Å². The molecule has 0 fully saturated rings. The number of nitrogens with zero attached hydrogens (tertiary/aromatic N) is 1. The van der Waals surface area contributed by atoms with Gasteiger partial charge in [0.15, 0.2) is 9.84 Å². The van der Waals surface area contributed by atoms with Crippen LogP contribution in [0.25, 0.3) is 6.08 Å². The van der Waals surface area contributed by atoms with Gasteiger partial charge in [0.25, 0.3) is 5.91 Å². The Balaban J connectivity index is 1.87. The molecule has 1 aliphatic heterocycles. The second kappa shape index (κ2) is 7.53. The Hall–Kier alpha value is -2.44. The van der Waals surface area contributed by atoms with Crippen LogP contribution in [-0.4, -0.2) is 25.8 Å². The largest absolute Gasteiger partial charge is 0.273 e. The number of rotatable bonds is 4. The highest BCUT2D eigenvalue weighted by Gasteiger charge is 2.28. The average Bonchev–Trinajstić information content (AvgIpc) is 2.94. The van der Waals surface area contributed by atoms with E-state index in [-0.39, 0.29) is 27.3 Å². The minimum absolute atomic E-state index is 0.0235. The van der Waals surface area contributed by atoms with Crippen LogP contribution in [0.4, 0.5) is 0 Å². The molecular formula is C21H21ClN2O3S. The van der Waals surface area contributed by atoms with Crippen molar-refractivity contribution in [2.24, 2.45) is 5.10 Å². The number of halogens is 1. The molecule has 1 N–H and O–H groups in total. The SMILES string of the molecule is CC(C)(C)c1ccc(/C=C2/C(=O)NN=C2CS(=O)(=O)c2ccc(Cl)cc2)cc1. The molecule has 0 unspecified atom stereocenters. The molecule has 1 heterocycles. The Morgan fingerprint density at radius 3 is 2.21 bits per heavy atom. The van der Waals surface area contributed by atoms with E-state index in [0.717, 1.165) is 5.56 Å². The Morgan fingerprint density at radius 1 is 1.04 bits per heavy atom. The van der Waals surface area contributed by atoms with Crippen molar-refractivity contribution in [3.8, 4) is 0 Å². The molecule has 0 bridgehead atoms. The Bertz CT molecular complexity index is 1060. The van der Waals surface area contributed by atoms with Gasteiger partial charge in [0.1, 0.15) is 0 Å². The van der Waals surface area contributed by atoms with E-state index in [1.165, 1.54) is 29.8 Å². The number of sulfone groups is 1. The summed E-state index contributed by atoms with van der Waals surface area (Å²) in [7, 11) is -3.66. The van der Waals surface area contributed by atoms with Crippen LogP contribution in [0.1, 0.15) is 31.9 Å². The van der Waals surface area contributed by atoms with Crippen LogP contribution in [0.3, 0.4) is 0 Å². The van der Waals surface area contributed by atoms with Gasteiger partial charge in [0, 0.05) is 5.02 Å². The van der Waals surface area contributed by atoms with E-state index in [4.69, 9.17) is 11.6 Å². The van der Waals surface area contributed by atoms with Gasteiger partial charge in [-0.1, -0.05) is 56.6 Å². The number of benzene rings is 2. The summed E-state index contributed by atoms with van der Waals surface area (Å²) in [5.41, 5.74) is 4.80. The molecule has 0 spiro atoms. The van der Waals surface area contributed by atoms with E-state index in [0.29, 0.717) is 5.02 Å². The van der Waals surface area contributed by atoms with Gasteiger partial charge < -0.3 is 0 Å². The van der Waals surface area contributed by atoms with E-state index < -0.39 is 15.7 Å². The Morgan fingerprint density at radius 2 is 1.64 bits per heavy atom. The van der Waals surface area contributed by atoms with Gasteiger partial charge in [-0.3, -0.25) is 4.79 Å². The molecule has 0 saturated heterocycles. The molecule has 0 aliphatic carbocycles. The third kappa shape index (κ3) is 4.51. The second-order valence-corrected chi connectivity index (χ2v) is 10.1. The lowest BCUT2D eigenvalue weighted by molar-refractivity contribution is -0.116. The van der Waals surface area contributed by atoms with Crippen LogP contribution in [0, 0.1) is 0 Å². The van der Waals surface area contributed by atoms with E-state index in [1.807, 2.05) is 24.3 Å². The van der Waals surface area contributed by atoms with Crippen LogP contribution in [0.15, 0.2) is 64.1 Å². The van der Waals surface area contributed by atoms with Crippen molar-refractivity contribution in [1.29, 1.82) is 0 Å². The molecule has 2 aromatic carbocycles. The van der Waals surface area contributed by atoms with E-state index in [2.05, 4.69) is 31.3 Å². The first-order chi connectivity index (χ1) is 13.1. The molecule has 3 rings (SSSR count). The van der Waals surface area contributed by atoms with Crippen molar-refractivity contribution in [2.45, 2.75) is 31.1 Å². The molecule has 0 aromatic heterocycles. The lowest BCUT2D eigenvalue weighted by Crippen LogP contribution is -2.19. The van der Waals surface area contributed by atoms with Gasteiger partial charge in [-0.2, -0.15) is 5.10 Å². The van der Waals surface area contributed by atoms with Crippen molar-refractivity contribution in [2.75, 3.05) is 5.75 Å². The summed E-state index contributed by atoms with van der Waals surface area (Å²) in [5, 5.41) is 4.38. The first-order valence-corrected chi connectivity index (χ1v) is 10.8. The Labute approximate surface area is 170 Å². The summed E-state index contributed by atoms with van der Waals surface area (Å²) in [6.07, 6.45) is 1.66. The van der Waals surface area contributed by atoms with Crippen molar-refractivity contribution in [3.63, 3.8) is 0 Å². The highest BCUT2D eigenvalue weighted by atomic mass is 35.5. The summed E-state index contributed by atoms with van der Waals surface area (Å²) in [6, 6.07) is 13.7. The molecule has 1 amide bonds. The molecule has 0 saturated carbocycles. The molecule has 146 valence electrons. The number of nitrogens with one attached hydrogen (secondary N) is 1. The van der Waals surface area contributed by atoms with Crippen LogP contribution in [0.2, 0.25) is 5.02 Å². The quantitative estimate of drug-likeness (QED) is 0.766. The predicted molar refractivity (Wildman–Crippen MR) is 112 cm³/mol. The summed E-state index contributed by atoms with van der Waals surface area (Å²) in [4.78, 5) is 12.3. The average molecular weight is 417 g/mol. The molecule has 28 heavy (non-hydrogen) atoms. The highest BCUT2D eigenvalue weighted by molar-refractivity contribution is 7.92. The van der Waals surface area contributed by atoms with Crippen LogP contribution < -0.4 is 5.43 Å². The first kappa shape index (κ1) is 20.3. The fourth-order valence-corrected chi connectivity index (χ4v) is 4.20. The van der Waals surface area contributed by atoms with Gasteiger partial charge in [-0.25, -0.2) is 13.8 Å². The summed E-state index contributed by atoms with van der Waals surface area (Å²) >= 11 is 5.82. The van der Waals surface area contributed by atoms with E-state index in [9.17, 15) is 13.2 Å². The summed E-state index contributed by atoms with van der Waals surface area (Å²) in [6.45, 7) is 6.37.